The number of carbonyl (C=O) groups excluding carboxylic acids is 2. The molecular weight excluding hydrogens is 414 g/mol. The number of imide groups is 1. The molecule has 0 aliphatic carbocycles. The highest BCUT2D eigenvalue weighted by atomic mass is 32.2. The quantitative estimate of drug-likeness (QED) is 0.469. The van der Waals surface area contributed by atoms with E-state index in [9.17, 15) is 9.59 Å². The lowest BCUT2D eigenvalue weighted by Crippen LogP contribution is -2.31. The number of hydrogen-bond acceptors (Lipinski definition) is 6. The van der Waals surface area contributed by atoms with Gasteiger partial charge in [0.15, 0.2) is 0 Å². The number of ether oxygens (including phenoxy) is 2. The molecule has 0 N–H and O–H groups in total. The van der Waals surface area contributed by atoms with Crippen molar-refractivity contribution in [1.29, 1.82) is 0 Å². The van der Waals surface area contributed by atoms with Gasteiger partial charge in [0.25, 0.3) is 11.8 Å². The van der Waals surface area contributed by atoms with E-state index in [0.29, 0.717) is 45.6 Å². The zero-order valence-electron chi connectivity index (χ0n) is 17.2. The molecule has 0 saturated heterocycles. The standard InChI is InChI=1S/C24H21NO5S/c1-3-29-20-9-5-4-8-19(20)25-23(26)21(16-10-12-17(28-2)13-11-16)22(24(25)27)31-15-18-7-6-14-30-18/h4-14H,3,15H2,1-2H3. The summed E-state index contributed by atoms with van der Waals surface area (Å²) < 4.78 is 16.3. The van der Waals surface area contributed by atoms with E-state index >= 15 is 0 Å². The van der Waals surface area contributed by atoms with Gasteiger partial charge in [-0.15, -0.1) is 11.8 Å². The molecule has 0 unspecified atom stereocenters. The fraction of sp³-hybridized carbons (Fsp3) is 0.167. The summed E-state index contributed by atoms with van der Waals surface area (Å²) in [4.78, 5) is 28.5. The number of rotatable bonds is 8. The molecule has 6 nitrogen and oxygen atoms in total. The average molecular weight is 436 g/mol. The van der Waals surface area contributed by atoms with Crippen LogP contribution in [0.4, 0.5) is 5.69 Å². The Balaban J connectivity index is 1.76. The van der Waals surface area contributed by atoms with Gasteiger partial charge in [-0.1, -0.05) is 24.3 Å². The monoisotopic (exact) mass is 435 g/mol. The molecule has 2 aromatic carbocycles. The molecule has 2 heterocycles. The Hall–Kier alpha value is -3.45. The first-order valence-electron chi connectivity index (χ1n) is 9.78. The number of carbonyl (C=O) groups is 2. The molecule has 1 aromatic heterocycles. The van der Waals surface area contributed by atoms with Gasteiger partial charge in [0.1, 0.15) is 17.3 Å². The van der Waals surface area contributed by atoms with E-state index in [0.717, 1.165) is 5.76 Å². The van der Waals surface area contributed by atoms with Crippen LogP contribution in [0.3, 0.4) is 0 Å². The molecular formula is C24H21NO5S. The zero-order chi connectivity index (χ0) is 21.8. The maximum Gasteiger partial charge on any atom is 0.272 e. The molecule has 0 bridgehead atoms. The first-order chi connectivity index (χ1) is 15.1. The molecule has 7 heteroatoms. The SMILES string of the molecule is CCOc1ccccc1N1C(=O)C(SCc2ccco2)=C(c2ccc(OC)cc2)C1=O. The molecule has 158 valence electrons. The second-order valence-corrected chi connectivity index (χ2v) is 7.63. The summed E-state index contributed by atoms with van der Waals surface area (Å²) in [6.45, 7) is 2.28. The minimum Gasteiger partial charge on any atom is -0.497 e. The summed E-state index contributed by atoms with van der Waals surface area (Å²) in [6.07, 6.45) is 1.58. The van der Waals surface area contributed by atoms with Crippen molar-refractivity contribution in [3.63, 3.8) is 0 Å². The van der Waals surface area contributed by atoms with Gasteiger partial charge in [0.05, 0.1) is 41.9 Å². The van der Waals surface area contributed by atoms with Crippen molar-refractivity contribution in [2.75, 3.05) is 18.6 Å². The molecule has 31 heavy (non-hydrogen) atoms. The number of furan rings is 1. The van der Waals surface area contributed by atoms with Crippen LogP contribution in [-0.2, 0) is 15.3 Å². The number of thioether (sulfide) groups is 1. The predicted octanol–water partition coefficient (Wildman–Crippen LogP) is 4.90. The lowest BCUT2D eigenvalue weighted by molar-refractivity contribution is -0.119. The number of amides is 2. The van der Waals surface area contributed by atoms with Crippen molar-refractivity contribution in [1.82, 2.24) is 0 Å². The molecule has 3 aromatic rings. The van der Waals surface area contributed by atoms with Gasteiger partial charge < -0.3 is 13.9 Å². The van der Waals surface area contributed by atoms with Crippen LogP contribution in [0.25, 0.3) is 5.57 Å². The molecule has 4 rings (SSSR count). The number of benzene rings is 2. The highest BCUT2D eigenvalue weighted by Crippen LogP contribution is 2.42. The third-order valence-electron chi connectivity index (χ3n) is 4.76. The van der Waals surface area contributed by atoms with Gasteiger partial charge in [-0.3, -0.25) is 9.59 Å². The second kappa shape index (κ2) is 9.14. The van der Waals surface area contributed by atoms with Gasteiger partial charge in [-0.2, -0.15) is 0 Å². The topological polar surface area (TPSA) is 69.0 Å². The van der Waals surface area contributed by atoms with Crippen LogP contribution >= 0.6 is 11.8 Å². The Bertz CT molecular complexity index is 1120. The first-order valence-corrected chi connectivity index (χ1v) is 10.8. The molecule has 0 saturated carbocycles. The van der Waals surface area contributed by atoms with E-state index in [2.05, 4.69) is 0 Å². The normalized spacial score (nSPS) is 13.8. The molecule has 1 aliphatic rings. The smallest absolute Gasteiger partial charge is 0.272 e. The van der Waals surface area contributed by atoms with Gasteiger partial charge in [0.2, 0.25) is 0 Å². The summed E-state index contributed by atoms with van der Waals surface area (Å²) in [7, 11) is 1.58. The lowest BCUT2D eigenvalue weighted by atomic mass is 10.1. The van der Waals surface area contributed by atoms with Gasteiger partial charge in [-0.25, -0.2) is 4.90 Å². The number of nitrogens with zero attached hydrogens (tertiary/aromatic N) is 1. The Labute approximate surface area is 184 Å². The van der Waals surface area contributed by atoms with Crippen LogP contribution in [0, 0.1) is 0 Å². The number of anilines is 1. The first kappa shape index (κ1) is 20.8. The van der Waals surface area contributed by atoms with Crippen LogP contribution in [0.2, 0.25) is 0 Å². The molecule has 1 aliphatic heterocycles. The van der Waals surface area contributed by atoms with E-state index in [1.54, 1.807) is 61.9 Å². The number of hydrogen-bond donors (Lipinski definition) is 0. The van der Waals surface area contributed by atoms with Crippen LogP contribution in [0.1, 0.15) is 18.2 Å². The van der Waals surface area contributed by atoms with E-state index in [4.69, 9.17) is 13.9 Å². The van der Waals surface area contributed by atoms with Crippen LogP contribution in [0.5, 0.6) is 11.5 Å². The molecule has 0 atom stereocenters. The fourth-order valence-corrected chi connectivity index (χ4v) is 4.35. The summed E-state index contributed by atoms with van der Waals surface area (Å²) >= 11 is 1.29. The Morgan fingerprint density at radius 1 is 0.968 bits per heavy atom. The van der Waals surface area contributed by atoms with Crippen molar-refractivity contribution >= 4 is 34.8 Å². The van der Waals surface area contributed by atoms with Crippen LogP contribution < -0.4 is 14.4 Å². The Morgan fingerprint density at radius 2 is 1.74 bits per heavy atom. The summed E-state index contributed by atoms with van der Waals surface area (Å²) in [6, 6.07) is 17.8. The van der Waals surface area contributed by atoms with Gasteiger partial charge >= 0.3 is 0 Å². The number of methoxy groups -OCH3 is 1. The van der Waals surface area contributed by atoms with Crippen molar-refractivity contribution in [2.24, 2.45) is 0 Å². The maximum atomic E-state index is 13.5. The van der Waals surface area contributed by atoms with Gasteiger partial charge in [-0.05, 0) is 48.9 Å². The minimum atomic E-state index is -0.385. The second-order valence-electron chi connectivity index (χ2n) is 6.65. The molecule has 0 radical (unpaired) electrons. The highest BCUT2D eigenvalue weighted by molar-refractivity contribution is 8.03. The largest absolute Gasteiger partial charge is 0.497 e. The van der Waals surface area contributed by atoms with Crippen molar-refractivity contribution in [3.05, 3.63) is 83.2 Å². The van der Waals surface area contributed by atoms with Gasteiger partial charge in [0, 0.05) is 0 Å². The lowest BCUT2D eigenvalue weighted by Gasteiger charge is -2.18. The molecule has 0 fully saturated rings. The van der Waals surface area contributed by atoms with Crippen LogP contribution in [-0.4, -0.2) is 25.5 Å². The minimum absolute atomic E-state index is 0.357. The van der Waals surface area contributed by atoms with Crippen LogP contribution in [0.15, 0.2) is 76.2 Å². The fourth-order valence-electron chi connectivity index (χ4n) is 3.33. The summed E-state index contributed by atoms with van der Waals surface area (Å²) in [5, 5.41) is 0. The van der Waals surface area contributed by atoms with E-state index in [1.165, 1.54) is 16.7 Å². The Morgan fingerprint density at radius 3 is 2.42 bits per heavy atom. The molecule has 2 amide bonds. The van der Waals surface area contributed by atoms with E-state index in [-0.39, 0.29) is 11.8 Å². The number of para-hydroxylation sites is 2. The molecule has 0 spiro atoms. The van der Waals surface area contributed by atoms with Crippen molar-refractivity contribution in [3.8, 4) is 11.5 Å². The highest BCUT2D eigenvalue weighted by Gasteiger charge is 2.41. The van der Waals surface area contributed by atoms with Crippen molar-refractivity contribution in [2.45, 2.75) is 12.7 Å². The Kier molecular flexibility index (Phi) is 6.13. The maximum absolute atomic E-state index is 13.5. The zero-order valence-corrected chi connectivity index (χ0v) is 18.0. The van der Waals surface area contributed by atoms with Crippen molar-refractivity contribution < 1.29 is 23.5 Å². The third-order valence-corrected chi connectivity index (χ3v) is 5.86. The van der Waals surface area contributed by atoms with E-state index < -0.39 is 0 Å². The summed E-state index contributed by atoms with van der Waals surface area (Å²) in [5.74, 6) is 1.55. The average Bonchev–Trinajstić information content (AvgIpc) is 3.39. The third kappa shape index (κ3) is 4.09. The predicted molar refractivity (Wildman–Crippen MR) is 120 cm³/mol. The van der Waals surface area contributed by atoms with E-state index in [1.807, 2.05) is 19.1 Å². The summed E-state index contributed by atoms with van der Waals surface area (Å²) in [5.41, 5.74) is 1.44.